The van der Waals surface area contributed by atoms with E-state index in [-0.39, 0.29) is 0 Å². The lowest BCUT2D eigenvalue weighted by Gasteiger charge is -2.33. The lowest BCUT2D eigenvalue weighted by atomic mass is 10.0. The van der Waals surface area contributed by atoms with Crippen molar-refractivity contribution in [1.82, 2.24) is 4.90 Å². The third-order valence-corrected chi connectivity index (χ3v) is 3.15. The van der Waals surface area contributed by atoms with Crippen LogP contribution in [0.4, 0.5) is 0 Å². The Hall–Kier alpha value is -0.900. The summed E-state index contributed by atoms with van der Waals surface area (Å²) in [6, 6.07) is 11.0. The fourth-order valence-electron chi connectivity index (χ4n) is 2.19. The molecule has 0 unspecified atom stereocenters. The van der Waals surface area contributed by atoms with E-state index in [4.69, 9.17) is 10.5 Å². The zero-order valence-corrected chi connectivity index (χ0v) is 9.64. The topological polar surface area (TPSA) is 38.5 Å². The first kappa shape index (κ1) is 11.6. The zero-order chi connectivity index (χ0) is 11.2. The second kappa shape index (κ2) is 5.99. The molecule has 1 atom stereocenters. The molecule has 1 aromatic rings. The Morgan fingerprint density at radius 1 is 1.19 bits per heavy atom. The smallest absolute Gasteiger partial charge is 0.0594 e. The van der Waals surface area contributed by atoms with Crippen LogP contribution in [0, 0.1) is 0 Å². The molecule has 1 fully saturated rings. The molecule has 0 saturated carbocycles. The van der Waals surface area contributed by atoms with Gasteiger partial charge in [0.1, 0.15) is 0 Å². The molecule has 0 radical (unpaired) electrons. The van der Waals surface area contributed by atoms with Crippen LogP contribution >= 0.6 is 0 Å². The van der Waals surface area contributed by atoms with E-state index in [1.165, 1.54) is 5.56 Å². The normalized spacial score (nSPS) is 19.6. The van der Waals surface area contributed by atoms with Crippen molar-refractivity contribution in [2.75, 3.05) is 32.8 Å². The van der Waals surface area contributed by atoms with Gasteiger partial charge in [-0.1, -0.05) is 30.3 Å². The van der Waals surface area contributed by atoms with E-state index in [1.807, 2.05) is 0 Å². The molecule has 2 rings (SSSR count). The van der Waals surface area contributed by atoms with Crippen LogP contribution in [0.15, 0.2) is 30.3 Å². The van der Waals surface area contributed by atoms with Crippen LogP contribution in [0.25, 0.3) is 0 Å². The molecule has 3 nitrogen and oxygen atoms in total. The summed E-state index contributed by atoms with van der Waals surface area (Å²) in [7, 11) is 0. The van der Waals surface area contributed by atoms with Gasteiger partial charge < -0.3 is 10.5 Å². The average molecular weight is 220 g/mol. The molecule has 1 saturated heterocycles. The van der Waals surface area contributed by atoms with E-state index < -0.39 is 0 Å². The SMILES string of the molecule is NC[C@@H](Cc1ccccc1)N1CCOCC1. The molecular weight excluding hydrogens is 200 g/mol. The molecule has 0 spiro atoms. The summed E-state index contributed by atoms with van der Waals surface area (Å²) in [5.74, 6) is 0. The van der Waals surface area contributed by atoms with E-state index in [0.29, 0.717) is 6.04 Å². The summed E-state index contributed by atoms with van der Waals surface area (Å²) in [6.07, 6.45) is 1.04. The molecule has 0 aliphatic carbocycles. The van der Waals surface area contributed by atoms with Gasteiger partial charge in [0.2, 0.25) is 0 Å². The minimum Gasteiger partial charge on any atom is -0.379 e. The quantitative estimate of drug-likeness (QED) is 0.819. The van der Waals surface area contributed by atoms with Gasteiger partial charge in [0.25, 0.3) is 0 Å². The number of ether oxygens (including phenoxy) is 1. The molecule has 88 valence electrons. The van der Waals surface area contributed by atoms with Crippen molar-refractivity contribution < 1.29 is 4.74 Å². The van der Waals surface area contributed by atoms with Gasteiger partial charge in [0.15, 0.2) is 0 Å². The summed E-state index contributed by atoms with van der Waals surface area (Å²) in [4.78, 5) is 2.44. The summed E-state index contributed by atoms with van der Waals surface area (Å²) >= 11 is 0. The van der Waals surface area contributed by atoms with Crippen LogP contribution in [-0.2, 0) is 11.2 Å². The summed E-state index contributed by atoms with van der Waals surface area (Å²) in [6.45, 7) is 4.41. The third kappa shape index (κ3) is 3.04. The van der Waals surface area contributed by atoms with Gasteiger partial charge in [0.05, 0.1) is 13.2 Å². The highest BCUT2D eigenvalue weighted by Gasteiger charge is 2.19. The number of benzene rings is 1. The van der Waals surface area contributed by atoms with Crippen LogP contribution in [0.3, 0.4) is 0 Å². The van der Waals surface area contributed by atoms with Crippen molar-refractivity contribution in [3.8, 4) is 0 Å². The van der Waals surface area contributed by atoms with E-state index in [2.05, 4.69) is 35.2 Å². The van der Waals surface area contributed by atoms with Crippen LogP contribution < -0.4 is 5.73 Å². The maximum atomic E-state index is 5.87. The number of nitrogens with two attached hydrogens (primary N) is 1. The predicted octanol–water partition coefficient (Wildman–Crippen LogP) is 0.889. The standard InChI is InChI=1S/C13H20N2O/c14-11-13(15-6-8-16-9-7-15)10-12-4-2-1-3-5-12/h1-5,13H,6-11,14H2/t13-/m1/s1. The van der Waals surface area contributed by atoms with Gasteiger partial charge in [-0.05, 0) is 12.0 Å². The Kier molecular flexibility index (Phi) is 4.34. The lowest BCUT2D eigenvalue weighted by Crippen LogP contribution is -2.47. The number of rotatable bonds is 4. The van der Waals surface area contributed by atoms with E-state index >= 15 is 0 Å². The first-order chi connectivity index (χ1) is 7.90. The van der Waals surface area contributed by atoms with Gasteiger partial charge in [-0.2, -0.15) is 0 Å². The van der Waals surface area contributed by atoms with Crippen molar-refractivity contribution in [2.24, 2.45) is 5.73 Å². The number of hydrogen-bond donors (Lipinski definition) is 1. The van der Waals surface area contributed by atoms with Gasteiger partial charge in [-0.3, -0.25) is 4.90 Å². The summed E-state index contributed by atoms with van der Waals surface area (Å²) in [5, 5.41) is 0. The largest absolute Gasteiger partial charge is 0.379 e. The Morgan fingerprint density at radius 2 is 1.88 bits per heavy atom. The highest BCUT2D eigenvalue weighted by molar-refractivity contribution is 5.16. The van der Waals surface area contributed by atoms with Crippen molar-refractivity contribution in [2.45, 2.75) is 12.5 Å². The highest BCUT2D eigenvalue weighted by atomic mass is 16.5. The molecule has 2 N–H and O–H groups in total. The molecule has 0 amide bonds. The second-order valence-corrected chi connectivity index (χ2v) is 4.23. The second-order valence-electron chi connectivity index (χ2n) is 4.23. The Bertz CT molecular complexity index is 296. The zero-order valence-electron chi connectivity index (χ0n) is 9.64. The number of nitrogens with zero attached hydrogens (tertiary/aromatic N) is 1. The van der Waals surface area contributed by atoms with Gasteiger partial charge >= 0.3 is 0 Å². The molecule has 1 aliphatic rings. The Morgan fingerprint density at radius 3 is 2.50 bits per heavy atom. The van der Waals surface area contributed by atoms with E-state index in [1.54, 1.807) is 0 Å². The van der Waals surface area contributed by atoms with Crippen LogP contribution in [-0.4, -0.2) is 43.8 Å². The fourth-order valence-corrected chi connectivity index (χ4v) is 2.19. The Labute approximate surface area is 97.2 Å². The lowest BCUT2D eigenvalue weighted by molar-refractivity contribution is 0.0184. The maximum absolute atomic E-state index is 5.87. The van der Waals surface area contributed by atoms with Crippen molar-refractivity contribution in [3.63, 3.8) is 0 Å². The molecule has 16 heavy (non-hydrogen) atoms. The number of hydrogen-bond acceptors (Lipinski definition) is 3. The van der Waals surface area contributed by atoms with E-state index in [9.17, 15) is 0 Å². The first-order valence-electron chi connectivity index (χ1n) is 5.96. The molecular formula is C13H20N2O. The van der Waals surface area contributed by atoms with Crippen molar-refractivity contribution in [3.05, 3.63) is 35.9 Å². The van der Waals surface area contributed by atoms with Gasteiger partial charge in [0, 0.05) is 25.7 Å². The van der Waals surface area contributed by atoms with Crippen LogP contribution in [0.1, 0.15) is 5.56 Å². The summed E-state index contributed by atoms with van der Waals surface area (Å²) < 4.78 is 5.36. The minimum atomic E-state index is 0.450. The van der Waals surface area contributed by atoms with Gasteiger partial charge in [-0.15, -0.1) is 0 Å². The number of morpholine rings is 1. The summed E-state index contributed by atoms with van der Waals surface area (Å²) in [5.41, 5.74) is 7.23. The Balaban J connectivity index is 1.94. The monoisotopic (exact) mass is 220 g/mol. The average Bonchev–Trinajstić information content (AvgIpc) is 2.38. The minimum absolute atomic E-state index is 0.450. The predicted molar refractivity (Wildman–Crippen MR) is 65.4 cm³/mol. The molecule has 0 bridgehead atoms. The van der Waals surface area contributed by atoms with Crippen LogP contribution in [0.2, 0.25) is 0 Å². The van der Waals surface area contributed by atoms with Crippen molar-refractivity contribution >= 4 is 0 Å². The molecule has 0 aromatic heterocycles. The maximum Gasteiger partial charge on any atom is 0.0594 e. The van der Waals surface area contributed by atoms with Gasteiger partial charge in [-0.25, -0.2) is 0 Å². The molecule has 3 heteroatoms. The first-order valence-corrected chi connectivity index (χ1v) is 5.96. The van der Waals surface area contributed by atoms with Crippen molar-refractivity contribution in [1.29, 1.82) is 0 Å². The molecule has 1 aromatic carbocycles. The fraction of sp³-hybridized carbons (Fsp3) is 0.538. The highest BCUT2D eigenvalue weighted by Crippen LogP contribution is 2.10. The molecule has 1 aliphatic heterocycles. The molecule has 1 heterocycles. The third-order valence-electron chi connectivity index (χ3n) is 3.15. The van der Waals surface area contributed by atoms with Crippen LogP contribution in [0.5, 0.6) is 0 Å². The van der Waals surface area contributed by atoms with E-state index in [0.717, 1.165) is 39.3 Å².